The van der Waals surface area contributed by atoms with Crippen LogP contribution in [0.2, 0.25) is 0 Å². The van der Waals surface area contributed by atoms with Gasteiger partial charge in [0.1, 0.15) is 50.0 Å². The Kier molecular flexibility index (Phi) is 16.7. The molecule has 0 unspecified atom stereocenters. The van der Waals surface area contributed by atoms with Crippen molar-refractivity contribution in [2.75, 3.05) is 17.2 Å². The Morgan fingerprint density at radius 1 is 0.616 bits per heavy atom. The molecule has 73 heavy (non-hydrogen) atoms. The fraction of sp³-hybridized carbons (Fsp3) is 0.0204. The molecule has 0 bridgehead atoms. The molecule has 0 spiro atoms. The van der Waals surface area contributed by atoms with Crippen molar-refractivity contribution >= 4 is 80.8 Å². The number of ether oxygens (including phenoxy) is 2. The van der Waals surface area contributed by atoms with Crippen LogP contribution in [-0.4, -0.2) is 56.9 Å². The zero-order valence-electron chi connectivity index (χ0n) is 39.3. The van der Waals surface area contributed by atoms with Gasteiger partial charge in [-0.05, 0) is 105 Å². The van der Waals surface area contributed by atoms with Crippen molar-refractivity contribution in [3.05, 3.63) is 205 Å². The zero-order valence-corrected chi connectivity index (χ0v) is 43.1. The molecule has 10 aromatic rings. The number of aromatic carboxylic acids is 1. The number of nitrogens with two attached hydrogens (primary N) is 3. The van der Waals surface area contributed by atoms with Gasteiger partial charge >= 0.3 is 5.97 Å². The number of thiazole rings is 2. The number of hydrogen-bond donors (Lipinski definition) is 4. The topological polar surface area (TPSA) is 246 Å². The normalized spacial score (nSPS) is 10.7. The molecule has 0 saturated carbocycles. The van der Waals surface area contributed by atoms with Gasteiger partial charge in [-0.3, -0.25) is 23.5 Å². The number of Topliss-reactive ketones (excluding diaryl/α,β-unsaturated/α-hetero) is 1. The Balaban J connectivity index is 0.000000193. The molecule has 0 aliphatic heterocycles. The predicted octanol–water partition coefficient (Wildman–Crippen LogP) is 8.47. The van der Waals surface area contributed by atoms with Crippen molar-refractivity contribution in [1.29, 1.82) is 2.67 Å². The Labute approximate surface area is 446 Å². The summed E-state index contributed by atoms with van der Waals surface area (Å²) in [5.41, 5.74) is 20.3. The fourth-order valence-electron chi connectivity index (χ4n) is 6.71. The first-order chi connectivity index (χ1) is 35.5. The van der Waals surface area contributed by atoms with Crippen molar-refractivity contribution in [3.63, 3.8) is 0 Å². The third kappa shape index (κ3) is 12.8. The molecule has 24 heteroatoms. The molecule has 365 valence electrons. The van der Waals surface area contributed by atoms with Crippen LogP contribution in [0.15, 0.2) is 154 Å². The van der Waals surface area contributed by atoms with Crippen LogP contribution in [0.3, 0.4) is 0 Å². The van der Waals surface area contributed by atoms with Crippen molar-refractivity contribution in [1.82, 2.24) is 29.1 Å². The molecular weight excluding hydrogens is 1220 g/mol. The van der Waals surface area contributed by atoms with Crippen LogP contribution in [0.4, 0.5) is 34.9 Å². The third-order valence-electron chi connectivity index (χ3n) is 9.96. The van der Waals surface area contributed by atoms with Gasteiger partial charge in [0.25, 0.3) is 11.1 Å². The van der Waals surface area contributed by atoms with Crippen molar-refractivity contribution in [2.45, 2.75) is 6.42 Å². The number of benzene rings is 4. The van der Waals surface area contributed by atoms with Gasteiger partial charge in [-0.25, -0.2) is 42.3 Å². The molecule has 0 atom stereocenters. The van der Waals surface area contributed by atoms with Crippen LogP contribution in [0.25, 0.3) is 32.1 Å². The first kappa shape index (κ1) is 51.2. The largest absolute Gasteiger partial charge is 0.477 e. The van der Waals surface area contributed by atoms with E-state index in [2.05, 4.69) is 19.9 Å². The van der Waals surface area contributed by atoms with Gasteiger partial charge < -0.3 is 31.8 Å². The molecule has 4 aromatic carbocycles. The Hall–Kier alpha value is -8.16. The second kappa shape index (κ2) is 23.8. The minimum atomic E-state index is -1.32. The molecule has 0 fully saturated rings. The maximum atomic E-state index is 14.7. The summed E-state index contributed by atoms with van der Waals surface area (Å²) in [6, 6.07) is 27.7. The number of aromatic nitrogens is 6. The monoisotopic (exact) mass is 1250 g/mol. The first-order valence-corrected chi connectivity index (χ1v) is 22.3. The number of rotatable bonds is 10. The van der Waals surface area contributed by atoms with E-state index < -0.39 is 46.1 Å². The van der Waals surface area contributed by atoms with Crippen LogP contribution in [0.1, 0.15) is 26.3 Å². The van der Waals surface area contributed by atoms with Crippen LogP contribution < -0.4 is 37.8 Å². The number of carboxylic acids is 1. The van der Waals surface area contributed by atoms with E-state index in [1.165, 1.54) is 153 Å². The van der Waals surface area contributed by atoms with Crippen molar-refractivity contribution in [2.24, 2.45) is 0 Å². The van der Waals surface area contributed by atoms with Crippen LogP contribution in [0, 0.1) is 54.4 Å². The fourth-order valence-corrected chi connectivity index (χ4v) is 8.29. The summed E-state index contributed by atoms with van der Waals surface area (Å²) in [4.78, 5) is 66.7. The molecule has 0 amide bonds. The Morgan fingerprint density at radius 2 is 1.07 bits per heavy atom. The van der Waals surface area contributed by atoms with Crippen molar-refractivity contribution in [3.8, 4) is 34.4 Å². The van der Waals surface area contributed by atoms with Crippen molar-refractivity contribution < 1.29 is 72.8 Å². The second-order valence-electron chi connectivity index (χ2n) is 14.8. The summed E-state index contributed by atoms with van der Waals surface area (Å²) in [6.45, 7) is 0. The van der Waals surface area contributed by atoms with E-state index in [1.54, 1.807) is 23.7 Å². The van der Waals surface area contributed by atoms with Crippen LogP contribution in [-0.2, 0) is 6.42 Å². The third-order valence-corrected chi connectivity index (χ3v) is 11.6. The van der Waals surface area contributed by atoms with Gasteiger partial charge in [-0.1, -0.05) is 6.07 Å². The first-order valence-electron chi connectivity index (χ1n) is 21.7. The summed E-state index contributed by atoms with van der Waals surface area (Å²) in [5.74, 6) is -2.56. The number of halogens is 4. The summed E-state index contributed by atoms with van der Waals surface area (Å²) in [7, 11) is 0.500. The minimum absolute atomic E-state index is 0. The van der Waals surface area contributed by atoms with Gasteiger partial charge in [0.15, 0.2) is 28.9 Å². The number of nitrogens with zero attached hydrogens (tertiary/aromatic N) is 6. The van der Waals surface area contributed by atoms with E-state index in [-0.39, 0.29) is 66.0 Å². The molecule has 1 radical (unpaired) electrons. The average Bonchev–Trinajstić information content (AvgIpc) is 4.04. The molecule has 6 heterocycles. The zero-order chi connectivity index (χ0) is 53.1. The van der Waals surface area contributed by atoms with Gasteiger partial charge in [-0.2, -0.15) is 0 Å². The SMILES string of the molecule is Nc1cc(Oc2ccc(CC(=O)c3cc4ncsc4n(-c4ccc(F)cc4)c3=O)cc2F)ccn1.Nc1ccc(Oc2ccnc(N)c2)c(F)c1.O=C(O)c1cc2ncsc2n(-c2ccc(F)cc2)c1=O.[3H][B][3H].[U]. The second-order valence-corrected chi connectivity index (χ2v) is 16.5. The number of anilines is 3. The maximum Gasteiger partial charge on any atom is 0.341 e. The molecule has 10 rings (SSSR count). The van der Waals surface area contributed by atoms with E-state index >= 15 is 0 Å². The number of carbonyl (C=O) groups excluding carboxylic acids is 1. The smallest absolute Gasteiger partial charge is 0.341 e. The molecule has 6 aromatic heterocycles. The van der Waals surface area contributed by atoms with E-state index in [1.807, 2.05) is 0 Å². The van der Waals surface area contributed by atoms with Crippen LogP contribution >= 0.6 is 22.7 Å². The molecule has 7 N–H and O–H groups in total. The molecular formula is C49H35BF4N9O7S2U. The van der Waals surface area contributed by atoms with Gasteiger partial charge in [-0.15, -0.1) is 22.7 Å². The maximum absolute atomic E-state index is 14.7. The molecule has 0 saturated heterocycles. The summed E-state index contributed by atoms with van der Waals surface area (Å²) in [6.07, 6.45) is 2.71. The molecule has 16 nitrogen and oxygen atoms in total. The standard InChI is InChI=1S/C25H16F2N4O3S.C13H7FN2O3S.C11H10FN3O.BH2.U/c26-15-2-4-16(5-3-15)31-24(33)18(12-20-25(31)35-13-30-20)21(32)10-14-1-6-22(19(27)9-14)34-17-7-8-29-23(28)11-17;14-7-1-3-8(4-2-7)16-11(17)9(13(18)19)5-10-12(16)20-6-15-10;12-9-5-7(13)1-2-10(9)16-8-3-4-15-11(14)6-8;;/h1-9,11-13H,10H2,(H2,28,29);1-6H,(H,18,19);1-6H,13H2,(H2,14,15);1H2;/i;;;1T2;. The van der Waals surface area contributed by atoms with Gasteiger partial charge in [0.2, 0.25) is 0 Å². The molecule has 0 aliphatic carbocycles. The quantitative estimate of drug-likeness (QED) is 0.0434. The van der Waals surface area contributed by atoms with Gasteiger partial charge in [0.05, 0.1) is 47.3 Å². The molecule has 0 aliphatic rings. The van der Waals surface area contributed by atoms with Crippen LogP contribution in [0.5, 0.6) is 23.0 Å². The minimum Gasteiger partial charge on any atom is -0.477 e. The summed E-state index contributed by atoms with van der Waals surface area (Å²) >= 11 is 2.44. The number of fused-ring (bicyclic) bond motifs is 2. The van der Waals surface area contributed by atoms with E-state index in [0.29, 0.717) is 69.0 Å². The van der Waals surface area contributed by atoms with E-state index in [4.69, 9.17) is 34.5 Å². The number of nitrogen functional groups attached to an aromatic ring is 3. The Bertz CT molecular complexity index is 3780. The van der Waals surface area contributed by atoms with Gasteiger partial charge in [0, 0.05) is 73.8 Å². The number of carboxylic acid groups (broad SMARTS) is 1. The van der Waals surface area contributed by atoms with E-state index in [0.717, 1.165) is 0 Å². The summed E-state index contributed by atoms with van der Waals surface area (Å²) < 4.78 is 79.3. The predicted molar refractivity (Wildman–Crippen MR) is 269 cm³/mol. The number of pyridine rings is 4. The number of ketones is 1. The average molecular weight is 1250 g/mol. The summed E-state index contributed by atoms with van der Waals surface area (Å²) in [5, 5.41) is 9.08. The number of carbonyl (C=O) groups is 2. The Morgan fingerprint density at radius 3 is 1.52 bits per heavy atom. The van der Waals surface area contributed by atoms with E-state index in [9.17, 15) is 36.7 Å². The number of hydrogen-bond acceptors (Lipinski definition) is 15.